The first kappa shape index (κ1) is 15.2. The van der Waals surface area contributed by atoms with E-state index in [1.165, 1.54) is 6.07 Å². The summed E-state index contributed by atoms with van der Waals surface area (Å²) < 4.78 is 10.5. The Balaban J connectivity index is 2.00. The van der Waals surface area contributed by atoms with Gasteiger partial charge in [-0.1, -0.05) is 18.2 Å². The first-order valence-corrected chi connectivity index (χ1v) is 6.23. The molecular weight excluding hydrogens is 268 g/mol. The van der Waals surface area contributed by atoms with Gasteiger partial charge in [0.25, 0.3) is 0 Å². The molecule has 0 saturated carbocycles. The molecule has 2 rings (SSSR count). The molecule has 1 saturated heterocycles. The normalized spacial score (nSPS) is 34.1. The van der Waals surface area contributed by atoms with Crippen LogP contribution in [-0.2, 0) is 16.1 Å². The van der Waals surface area contributed by atoms with Gasteiger partial charge in [-0.25, -0.2) is 0 Å². The second-order valence-electron chi connectivity index (χ2n) is 4.64. The summed E-state index contributed by atoms with van der Waals surface area (Å²) in [5, 5.41) is 47.6. The van der Waals surface area contributed by atoms with Gasteiger partial charge in [0, 0.05) is 5.56 Å². The van der Waals surface area contributed by atoms with E-state index in [1.54, 1.807) is 18.2 Å². The first-order valence-electron chi connectivity index (χ1n) is 6.23. The van der Waals surface area contributed by atoms with Gasteiger partial charge in [-0.05, 0) is 6.07 Å². The standard InChI is InChI=1S/C13H18O7/c14-5-9-10(16)11(17)12(18)13(20-9)19-6-7-3-1-2-4-8(7)15/h1-4,9-18H,5-6H2/t9-,10-,11+,12-,13-/m1/s1. The molecule has 1 aliphatic heterocycles. The Bertz CT molecular complexity index is 436. The maximum absolute atomic E-state index is 9.76. The zero-order valence-corrected chi connectivity index (χ0v) is 10.7. The number of phenolic OH excluding ortho intramolecular Hbond substituents is 1. The highest BCUT2D eigenvalue weighted by Crippen LogP contribution is 2.24. The average molecular weight is 286 g/mol. The Morgan fingerprint density at radius 1 is 1.05 bits per heavy atom. The summed E-state index contributed by atoms with van der Waals surface area (Å²) in [6, 6.07) is 6.50. The van der Waals surface area contributed by atoms with Crippen molar-refractivity contribution < 1.29 is 35.0 Å². The van der Waals surface area contributed by atoms with E-state index in [1.807, 2.05) is 0 Å². The monoisotopic (exact) mass is 286 g/mol. The van der Waals surface area contributed by atoms with Crippen molar-refractivity contribution in [2.45, 2.75) is 37.3 Å². The lowest BCUT2D eigenvalue weighted by atomic mass is 9.99. The van der Waals surface area contributed by atoms with E-state index in [-0.39, 0.29) is 12.4 Å². The molecule has 1 aromatic carbocycles. The molecule has 0 bridgehead atoms. The van der Waals surface area contributed by atoms with Crippen LogP contribution in [0.1, 0.15) is 5.56 Å². The summed E-state index contributed by atoms with van der Waals surface area (Å²) in [6.45, 7) is -0.559. The summed E-state index contributed by atoms with van der Waals surface area (Å²) in [7, 11) is 0. The van der Waals surface area contributed by atoms with Gasteiger partial charge in [0.15, 0.2) is 6.29 Å². The van der Waals surface area contributed by atoms with Crippen LogP contribution in [0.15, 0.2) is 24.3 Å². The second-order valence-corrected chi connectivity index (χ2v) is 4.64. The number of rotatable bonds is 4. The fourth-order valence-corrected chi connectivity index (χ4v) is 2.01. The van der Waals surface area contributed by atoms with Gasteiger partial charge in [0.2, 0.25) is 0 Å². The van der Waals surface area contributed by atoms with Crippen LogP contribution >= 0.6 is 0 Å². The van der Waals surface area contributed by atoms with Gasteiger partial charge in [-0.15, -0.1) is 0 Å². The molecule has 1 aliphatic rings. The number of aliphatic hydroxyl groups is 4. The number of ether oxygens (including phenoxy) is 2. The highest BCUT2D eigenvalue weighted by Gasteiger charge is 2.43. The molecule has 0 spiro atoms. The highest BCUT2D eigenvalue weighted by atomic mass is 16.7. The second kappa shape index (κ2) is 6.49. The zero-order chi connectivity index (χ0) is 14.7. The van der Waals surface area contributed by atoms with Gasteiger partial charge in [-0.2, -0.15) is 0 Å². The van der Waals surface area contributed by atoms with E-state index in [9.17, 15) is 20.4 Å². The third kappa shape index (κ3) is 3.09. The number of aliphatic hydroxyl groups excluding tert-OH is 4. The van der Waals surface area contributed by atoms with Crippen molar-refractivity contribution in [1.82, 2.24) is 0 Å². The maximum atomic E-state index is 9.76. The van der Waals surface area contributed by atoms with Crippen molar-refractivity contribution in [2.24, 2.45) is 0 Å². The molecule has 5 N–H and O–H groups in total. The lowest BCUT2D eigenvalue weighted by Gasteiger charge is -2.39. The van der Waals surface area contributed by atoms with E-state index in [4.69, 9.17) is 14.6 Å². The van der Waals surface area contributed by atoms with E-state index in [0.29, 0.717) is 5.56 Å². The minimum Gasteiger partial charge on any atom is -0.508 e. The number of para-hydroxylation sites is 1. The van der Waals surface area contributed by atoms with E-state index in [0.717, 1.165) is 0 Å². The van der Waals surface area contributed by atoms with Crippen LogP contribution in [0.4, 0.5) is 0 Å². The Morgan fingerprint density at radius 3 is 2.40 bits per heavy atom. The van der Waals surface area contributed by atoms with Crippen LogP contribution in [-0.4, -0.2) is 62.8 Å². The molecule has 5 atom stereocenters. The molecule has 1 fully saturated rings. The van der Waals surface area contributed by atoms with Crippen molar-refractivity contribution in [2.75, 3.05) is 6.61 Å². The number of hydrogen-bond donors (Lipinski definition) is 5. The fourth-order valence-electron chi connectivity index (χ4n) is 2.01. The van der Waals surface area contributed by atoms with Gasteiger partial charge < -0.3 is 35.0 Å². The van der Waals surface area contributed by atoms with E-state index < -0.39 is 37.3 Å². The summed E-state index contributed by atoms with van der Waals surface area (Å²) in [5.74, 6) is 0.0390. The molecule has 7 heteroatoms. The predicted molar refractivity (Wildman–Crippen MR) is 66.7 cm³/mol. The van der Waals surface area contributed by atoms with E-state index in [2.05, 4.69) is 0 Å². The van der Waals surface area contributed by atoms with Crippen LogP contribution in [0, 0.1) is 0 Å². The minimum absolute atomic E-state index is 0.0390. The molecule has 7 nitrogen and oxygen atoms in total. The summed E-state index contributed by atoms with van der Waals surface area (Å²) >= 11 is 0. The summed E-state index contributed by atoms with van der Waals surface area (Å²) in [4.78, 5) is 0. The Kier molecular flexibility index (Phi) is 4.92. The van der Waals surface area contributed by atoms with Crippen LogP contribution in [0.3, 0.4) is 0 Å². The smallest absolute Gasteiger partial charge is 0.187 e. The SMILES string of the molecule is OC[C@H]1O[C@@H](OCc2ccccc2O)[C@H](O)[C@@H](O)[C@@H]1O. The van der Waals surface area contributed by atoms with Crippen molar-refractivity contribution in [1.29, 1.82) is 0 Å². The fraction of sp³-hybridized carbons (Fsp3) is 0.538. The van der Waals surface area contributed by atoms with Crippen LogP contribution < -0.4 is 0 Å². The zero-order valence-electron chi connectivity index (χ0n) is 10.7. The van der Waals surface area contributed by atoms with Crippen molar-refractivity contribution >= 4 is 0 Å². The third-order valence-corrected chi connectivity index (χ3v) is 3.24. The van der Waals surface area contributed by atoms with Gasteiger partial charge in [0.1, 0.15) is 30.2 Å². The molecule has 20 heavy (non-hydrogen) atoms. The highest BCUT2D eigenvalue weighted by molar-refractivity contribution is 5.30. The average Bonchev–Trinajstić information content (AvgIpc) is 2.46. The quantitative estimate of drug-likeness (QED) is 0.467. The Morgan fingerprint density at radius 2 is 1.75 bits per heavy atom. The Labute approximate surface area is 115 Å². The number of benzene rings is 1. The largest absolute Gasteiger partial charge is 0.508 e. The molecule has 1 heterocycles. The van der Waals surface area contributed by atoms with Crippen LogP contribution in [0.5, 0.6) is 5.75 Å². The topological polar surface area (TPSA) is 120 Å². The van der Waals surface area contributed by atoms with Gasteiger partial charge in [0.05, 0.1) is 13.2 Å². The third-order valence-electron chi connectivity index (χ3n) is 3.24. The molecule has 0 aromatic heterocycles. The van der Waals surface area contributed by atoms with Crippen molar-refractivity contribution in [3.8, 4) is 5.75 Å². The first-order chi connectivity index (χ1) is 9.54. The number of hydrogen-bond acceptors (Lipinski definition) is 7. The minimum atomic E-state index is -1.48. The van der Waals surface area contributed by atoms with Crippen molar-refractivity contribution in [3.63, 3.8) is 0 Å². The molecular formula is C13H18O7. The Hall–Kier alpha value is -1.22. The van der Waals surface area contributed by atoms with Crippen LogP contribution in [0.2, 0.25) is 0 Å². The molecule has 0 unspecified atom stereocenters. The molecule has 0 amide bonds. The number of phenols is 1. The van der Waals surface area contributed by atoms with Crippen molar-refractivity contribution in [3.05, 3.63) is 29.8 Å². The summed E-state index contributed by atoms with van der Waals surface area (Å²) in [6.07, 6.45) is -6.55. The predicted octanol–water partition coefficient (Wildman–Crippen LogP) is -1.29. The molecule has 0 aliphatic carbocycles. The lowest BCUT2D eigenvalue weighted by Crippen LogP contribution is -2.59. The molecule has 112 valence electrons. The molecule has 0 radical (unpaired) electrons. The van der Waals surface area contributed by atoms with Gasteiger partial charge >= 0.3 is 0 Å². The van der Waals surface area contributed by atoms with Gasteiger partial charge in [-0.3, -0.25) is 0 Å². The number of aromatic hydroxyl groups is 1. The lowest BCUT2D eigenvalue weighted by molar-refractivity contribution is -0.304. The molecule has 1 aromatic rings. The maximum Gasteiger partial charge on any atom is 0.187 e. The van der Waals surface area contributed by atoms with E-state index >= 15 is 0 Å². The summed E-state index contributed by atoms with van der Waals surface area (Å²) in [5.41, 5.74) is 0.490. The van der Waals surface area contributed by atoms with Crippen LogP contribution in [0.25, 0.3) is 0 Å².